The molecule has 1 heterocycles. The third-order valence-electron chi connectivity index (χ3n) is 1.56. The van der Waals surface area contributed by atoms with Gasteiger partial charge in [-0.3, -0.25) is 19.0 Å². The number of aromatic amines is 1. The van der Waals surface area contributed by atoms with E-state index in [1.807, 2.05) is 5.10 Å². The first-order chi connectivity index (χ1) is 6.52. The van der Waals surface area contributed by atoms with Gasteiger partial charge in [-0.05, 0) is 0 Å². The van der Waals surface area contributed by atoms with E-state index in [2.05, 4.69) is 11.4 Å². The van der Waals surface area contributed by atoms with Gasteiger partial charge in [0.2, 0.25) is 12.2 Å². The van der Waals surface area contributed by atoms with Gasteiger partial charge in [0.1, 0.15) is 6.54 Å². The van der Waals surface area contributed by atoms with Gasteiger partial charge in [-0.1, -0.05) is 0 Å². The van der Waals surface area contributed by atoms with Crippen LogP contribution in [0.15, 0.2) is 9.59 Å². The van der Waals surface area contributed by atoms with E-state index in [4.69, 9.17) is 0 Å². The molecule has 75 valence electrons. The molecule has 14 heavy (non-hydrogen) atoms. The van der Waals surface area contributed by atoms with E-state index in [0.717, 1.165) is 4.57 Å². The minimum Gasteiger partial charge on any atom is -0.347 e. The second-order valence-electron chi connectivity index (χ2n) is 2.83. The van der Waals surface area contributed by atoms with E-state index in [0.29, 0.717) is 0 Å². The number of carbonyl (C=O) groups is 1. The van der Waals surface area contributed by atoms with Crippen LogP contribution in [0, 0.1) is 6.33 Å². The molecule has 0 aliphatic heterocycles. The van der Waals surface area contributed by atoms with Crippen LogP contribution < -0.4 is 11.1 Å². The van der Waals surface area contributed by atoms with E-state index < -0.39 is 11.1 Å². The van der Waals surface area contributed by atoms with Crippen LogP contribution in [0.2, 0.25) is 0 Å². The Morgan fingerprint density at radius 2 is 2.21 bits per heavy atom. The Labute approximate surface area is 79.0 Å². The molecule has 1 rings (SSSR count). The molecule has 1 N–H and O–H groups in total. The molecule has 0 saturated carbocycles. The van der Waals surface area contributed by atoms with Gasteiger partial charge in [-0.15, -0.1) is 0 Å². The molecule has 0 unspecified atom stereocenters. The molecule has 0 aromatic carbocycles. The van der Waals surface area contributed by atoms with E-state index in [9.17, 15) is 14.4 Å². The Balaban J connectivity index is 2.99. The van der Waals surface area contributed by atoms with Crippen LogP contribution >= 0.6 is 0 Å². The molecule has 0 saturated heterocycles. The van der Waals surface area contributed by atoms with E-state index in [-0.39, 0.29) is 12.5 Å². The average Bonchev–Trinajstić information content (AvgIpc) is 2.12. The van der Waals surface area contributed by atoms with Crippen molar-refractivity contribution < 1.29 is 4.79 Å². The van der Waals surface area contributed by atoms with Crippen LogP contribution in [-0.4, -0.2) is 39.7 Å². The molecule has 7 nitrogen and oxygen atoms in total. The lowest BCUT2D eigenvalue weighted by Crippen LogP contribution is -2.40. The van der Waals surface area contributed by atoms with Gasteiger partial charge in [-0.25, -0.2) is 5.10 Å². The van der Waals surface area contributed by atoms with Crippen molar-refractivity contribution in [3.63, 3.8) is 0 Å². The first kappa shape index (κ1) is 10.2. The quantitative estimate of drug-likeness (QED) is 0.546. The molecule has 1 radical (unpaired) electrons. The average molecular weight is 197 g/mol. The van der Waals surface area contributed by atoms with Crippen molar-refractivity contribution in [2.75, 3.05) is 14.1 Å². The summed E-state index contributed by atoms with van der Waals surface area (Å²) in [6, 6.07) is 0. The molecule has 0 fully saturated rings. The number of H-pyrrole nitrogens is 1. The maximum Gasteiger partial charge on any atom is 0.330 e. The summed E-state index contributed by atoms with van der Waals surface area (Å²) in [5.41, 5.74) is -1.70. The fourth-order valence-electron chi connectivity index (χ4n) is 0.736. The maximum atomic E-state index is 11.2. The molecule has 0 atom stereocenters. The number of nitrogens with zero attached hydrogens (tertiary/aromatic N) is 3. The predicted molar refractivity (Wildman–Crippen MR) is 46.6 cm³/mol. The van der Waals surface area contributed by atoms with Gasteiger partial charge in [0.15, 0.2) is 0 Å². The Morgan fingerprint density at radius 3 is 2.79 bits per heavy atom. The summed E-state index contributed by atoms with van der Waals surface area (Å²) in [6.45, 7) is -0.233. The van der Waals surface area contributed by atoms with Crippen LogP contribution in [0.4, 0.5) is 0 Å². The molecule has 1 aromatic heterocycles. The van der Waals surface area contributed by atoms with E-state index in [1.54, 1.807) is 14.1 Å². The Kier molecular flexibility index (Phi) is 2.80. The van der Waals surface area contributed by atoms with Crippen LogP contribution in [-0.2, 0) is 11.3 Å². The number of rotatable bonds is 2. The van der Waals surface area contributed by atoms with Gasteiger partial charge in [0.05, 0.1) is 0 Å². The highest BCUT2D eigenvalue weighted by atomic mass is 16.2. The number of aromatic nitrogens is 3. The third kappa shape index (κ3) is 2.06. The molecule has 0 aliphatic rings. The molecule has 1 aromatic rings. The molecule has 0 spiro atoms. The maximum absolute atomic E-state index is 11.2. The summed E-state index contributed by atoms with van der Waals surface area (Å²) in [5, 5.41) is 5.21. The lowest BCUT2D eigenvalue weighted by atomic mass is 10.5. The number of hydrogen-bond donors (Lipinski definition) is 1. The van der Waals surface area contributed by atoms with Gasteiger partial charge < -0.3 is 4.90 Å². The second kappa shape index (κ2) is 3.86. The SMILES string of the molecule is CN(C)C(=O)Cn1[c]n[nH]c(=O)c1=O. The monoisotopic (exact) mass is 197 g/mol. The van der Waals surface area contributed by atoms with Crippen molar-refractivity contribution in [3.05, 3.63) is 27.0 Å². The number of carbonyl (C=O) groups excluding carboxylic acids is 1. The summed E-state index contributed by atoms with van der Waals surface area (Å²) >= 11 is 0. The van der Waals surface area contributed by atoms with Crippen LogP contribution in [0.1, 0.15) is 0 Å². The highest BCUT2D eigenvalue weighted by molar-refractivity contribution is 5.75. The lowest BCUT2D eigenvalue weighted by Gasteiger charge is -2.09. The van der Waals surface area contributed by atoms with Gasteiger partial charge in [0, 0.05) is 14.1 Å². The summed E-state index contributed by atoms with van der Waals surface area (Å²) < 4.78 is 0.834. The smallest absolute Gasteiger partial charge is 0.330 e. The van der Waals surface area contributed by atoms with Crippen molar-refractivity contribution in [2.24, 2.45) is 0 Å². The summed E-state index contributed by atoms with van der Waals surface area (Å²) in [7, 11) is 3.10. The topological polar surface area (TPSA) is 88.1 Å². The van der Waals surface area contributed by atoms with Crippen molar-refractivity contribution >= 4 is 5.91 Å². The van der Waals surface area contributed by atoms with Gasteiger partial charge >= 0.3 is 11.1 Å². The largest absolute Gasteiger partial charge is 0.347 e. The fourth-order valence-corrected chi connectivity index (χ4v) is 0.736. The first-order valence-corrected chi connectivity index (χ1v) is 3.79. The summed E-state index contributed by atoms with van der Waals surface area (Å²) in [4.78, 5) is 34.4. The third-order valence-corrected chi connectivity index (χ3v) is 1.56. The molecular formula is C7H9N4O3. The van der Waals surface area contributed by atoms with Crippen molar-refractivity contribution in [2.45, 2.75) is 6.54 Å². The highest BCUT2D eigenvalue weighted by Crippen LogP contribution is 1.81. The van der Waals surface area contributed by atoms with Crippen molar-refractivity contribution in [1.29, 1.82) is 0 Å². The van der Waals surface area contributed by atoms with Crippen LogP contribution in [0.25, 0.3) is 0 Å². The normalized spacial score (nSPS) is 9.86. The Bertz CT molecular complexity index is 445. The zero-order valence-electron chi connectivity index (χ0n) is 7.77. The standard InChI is InChI=1S/C7H9N4O3/c1-10(2)5(12)3-11-4-8-9-6(13)7(11)14/h3H2,1-2H3,(H,9,13). The zero-order valence-corrected chi connectivity index (χ0v) is 7.77. The minimum absolute atomic E-state index is 0.233. The van der Waals surface area contributed by atoms with Crippen molar-refractivity contribution in [1.82, 2.24) is 19.7 Å². The number of amides is 1. The fraction of sp³-hybridized carbons (Fsp3) is 0.429. The lowest BCUT2D eigenvalue weighted by molar-refractivity contribution is -0.129. The molecule has 0 aliphatic carbocycles. The van der Waals surface area contributed by atoms with Gasteiger partial charge in [-0.2, -0.15) is 5.10 Å². The van der Waals surface area contributed by atoms with Crippen LogP contribution in [0.3, 0.4) is 0 Å². The second-order valence-corrected chi connectivity index (χ2v) is 2.83. The number of likely N-dealkylation sites (N-methyl/N-ethyl adjacent to an activating group) is 1. The highest BCUT2D eigenvalue weighted by Gasteiger charge is 2.08. The minimum atomic E-state index is -0.865. The van der Waals surface area contributed by atoms with Crippen molar-refractivity contribution in [3.8, 4) is 0 Å². The zero-order chi connectivity index (χ0) is 10.7. The molecular weight excluding hydrogens is 188 g/mol. The molecule has 0 bridgehead atoms. The molecule has 1 amide bonds. The summed E-state index contributed by atoms with van der Waals surface area (Å²) in [5.74, 6) is -0.309. The molecule has 7 heteroatoms. The Morgan fingerprint density at radius 1 is 1.57 bits per heavy atom. The number of nitrogens with one attached hydrogen (secondary N) is 1. The van der Waals surface area contributed by atoms with Gasteiger partial charge in [0.25, 0.3) is 0 Å². The van der Waals surface area contributed by atoms with E-state index in [1.165, 1.54) is 4.90 Å². The Hall–Kier alpha value is -1.92. The van der Waals surface area contributed by atoms with Crippen LogP contribution in [0.5, 0.6) is 0 Å². The number of hydrogen-bond acceptors (Lipinski definition) is 4. The predicted octanol–water partition coefficient (Wildman–Crippen LogP) is -2.18. The van der Waals surface area contributed by atoms with E-state index >= 15 is 0 Å². The summed E-state index contributed by atoms with van der Waals surface area (Å²) in [6.07, 6.45) is 2.21. The first-order valence-electron chi connectivity index (χ1n) is 3.79.